The van der Waals surface area contributed by atoms with Crippen molar-refractivity contribution in [3.05, 3.63) is 45.1 Å². The Hall–Kier alpha value is -3.10. The van der Waals surface area contributed by atoms with Gasteiger partial charge in [-0.2, -0.15) is 0 Å². The summed E-state index contributed by atoms with van der Waals surface area (Å²) in [6, 6.07) is 3.04. The predicted molar refractivity (Wildman–Crippen MR) is 97.2 cm³/mol. The van der Waals surface area contributed by atoms with Gasteiger partial charge in [0.15, 0.2) is 5.75 Å². The van der Waals surface area contributed by atoms with E-state index in [-0.39, 0.29) is 30.2 Å². The normalized spacial score (nSPS) is 16.4. The van der Waals surface area contributed by atoms with E-state index in [0.29, 0.717) is 24.1 Å². The Bertz CT molecular complexity index is 774. The van der Waals surface area contributed by atoms with E-state index in [2.05, 4.69) is 10.6 Å². The second kappa shape index (κ2) is 9.02. The van der Waals surface area contributed by atoms with Crippen molar-refractivity contribution in [3.63, 3.8) is 0 Å². The zero-order valence-corrected chi connectivity index (χ0v) is 15.5. The predicted octanol–water partition coefficient (Wildman–Crippen LogP) is 2.96. The number of allylic oxidation sites excluding steroid dienone is 1. The van der Waals surface area contributed by atoms with Crippen molar-refractivity contribution < 1.29 is 24.0 Å². The number of urea groups is 1. The van der Waals surface area contributed by atoms with Crippen molar-refractivity contribution in [1.29, 1.82) is 0 Å². The number of hydrogen-bond acceptors (Lipinski definition) is 6. The molecule has 0 spiro atoms. The molecule has 0 radical (unpaired) electrons. The van der Waals surface area contributed by atoms with E-state index >= 15 is 0 Å². The highest BCUT2D eigenvalue weighted by atomic mass is 16.6. The molecule has 2 amide bonds. The molecule has 1 aromatic carbocycles. The molecule has 1 aliphatic heterocycles. The number of carbonyl (C=O) groups is 2. The third-order valence-corrected chi connectivity index (χ3v) is 3.96. The van der Waals surface area contributed by atoms with Crippen molar-refractivity contribution >= 4 is 17.7 Å². The van der Waals surface area contributed by atoms with Crippen LogP contribution in [0.15, 0.2) is 29.5 Å². The molecule has 2 rings (SSSR count). The van der Waals surface area contributed by atoms with E-state index in [1.54, 1.807) is 19.9 Å². The van der Waals surface area contributed by atoms with Crippen LogP contribution in [0.1, 0.15) is 45.2 Å². The van der Waals surface area contributed by atoms with Gasteiger partial charge in [0, 0.05) is 11.8 Å². The Kier molecular flexibility index (Phi) is 6.75. The number of benzene rings is 1. The minimum atomic E-state index is -0.853. The third kappa shape index (κ3) is 4.55. The maximum Gasteiger partial charge on any atom is 0.338 e. The number of hydrogen-bond donors (Lipinski definition) is 2. The smallest absolute Gasteiger partial charge is 0.338 e. The largest absolute Gasteiger partial charge is 0.487 e. The zero-order chi connectivity index (χ0) is 20.0. The van der Waals surface area contributed by atoms with E-state index < -0.39 is 23.0 Å². The van der Waals surface area contributed by atoms with Crippen molar-refractivity contribution in [2.45, 2.75) is 39.7 Å². The summed E-state index contributed by atoms with van der Waals surface area (Å²) in [4.78, 5) is 35.5. The SMILES string of the molecule is CCCC1=C(C(=O)OCC)C(c2ccc(OCC)c([N+](=O)[O-])c2)NC(=O)N1. The van der Waals surface area contributed by atoms with Crippen molar-refractivity contribution in [2.24, 2.45) is 0 Å². The average Bonchev–Trinajstić information content (AvgIpc) is 2.62. The molecular weight excluding hydrogens is 354 g/mol. The van der Waals surface area contributed by atoms with Crippen LogP contribution in [0, 0.1) is 10.1 Å². The van der Waals surface area contributed by atoms with E-state index in [9.17, 15) is 19.7 Å². The highest BCUT2D eigenvalue weighted by Crippen LogP contribution is 2.35. The van der Waals surface area contributed by atoms with Gasteiger partial charge in [-0.1, -0.05) is 19.4 Å². The lowest BCUT2D eigenvalue weighted by atomic mass is 9.93. The lowest BCUT2D eigenvalue weighted by Gasteiger charge is -2.29. The van der Waals surface area contributed by atoms with Crippen LogP contribution in [0.4, 0.5) is 10.5 Å². The molecule has 27 heavy (non-hydrogen) atoms. The fraction of sp³-hybridized carbons (Fsp3) is 0.444. The highest BCUT2D eigenvalue weighted by molar-refractivity contribution is 5.95. The monoisotopic (exact) mass is 377 g/mol. The van der Waals surface area contributed by atoms with Crippen molar-refractivity contribution in [3.8, 4) is 5.75 Å². The number of amides is 2. The molecule has 0 fully saturated rings. The van der Waals surface area contributed by atoms with E-state index in [1.807, 2.05) is 6.92 Å². The number of rotatable bonds is 8. The van der Waals surface area contributed by atoms with Gasteiger partial charge in [-0.05, 0) is 31.9 Å². The minimum absolute atomic E-state index is 0.127. The third-order valence-electron chi connectivity index (χ3n) is 3.96. The van der Waals surface area contributed by atoms with Crippen LogP contribution in [-0.2, 0) is 9.53 Å². The Morgan fingerprint density at radius 3 is 2.59 bits per heavy atom. The van der Waals surface area contributed by atoms with Crippen LogP contribution < -0.4 is 15.4 Å². The minimum Gasteiger partial charge on any atom is -0.487 e. The topological polar surface area (TPSA) is 120 Å². The van der Waals surface area contributed by atoms with Crippen LogP contribution in [0.3, 0.4) is 0 Å². The number of ether oxygens (including phenoxy) is 2. The first-order chi connectivity index (χ1) is 12.9. The first-order valence-corrected chi connectivity index (χ1v) is 8.81. The molecule has 1 heterocycles. The van der Waals surface area contributed by atoms with Crippen LogP contribution >= 0.6 is 0 Å². The quantitative estimate of drug-likeness (QED) is 0.408. The summed E-state index contributed by atoms with van der Waals surface area (Å²) in [5.41, 5.74) is 0.872. The van der Waals surface area contributed by atoms with Gasteiger partial charge in [0.1, 0.15) is 0 Å². The van der Waals surface area contributed by atoms with Crippen LogP contribution in [-0.4, -0.2) is 30.1 Å². The lowest BCUT2D eigenvalue weighted by Crippen LogP contribution is -2.46. The first kappa shape index (κ1) is 20.2. The molecule has 146 valence electrons. The Labute approximate surface area is 156 Å². The lowest BCUT2D eigenvalue weighted by molar-refractivity contribution is -0.385. The Morgan fingerprint density at radius 2 is 2.00 bits per heavy atom. The van der Waals surface area contributed by atoms with Crippen LogP contribution in [0.2, 0.25) is 0 Å². The van der Waals surface area contributed by atoms with Gasteiger partial charge in [-0.25, -0.2) is 9.59 Å². The summed E-state index contributed by atoms with van der Waals surface area (Å²) < 4.78 is 10.4. The van der Waals surface area contributed by atoms with E-state index in [4.69, 9.17) is 9.47 Å². The zero-order valence-electron chi connectivity index (χ0n) is 15.5. The molecule has 0 bridgehead atoms. The maximum atomic E-state index is 12.5. The van der Waals surface area contributed by atoms with Crippen molar-refractivity contribution in [1.82, 2.24) is 10.6 Å². The summed E-state index contributed by atoms with van der Waals surface area (Å²) in [6.45, 7) is 5.78. The molecule has 1 aromatic rings. The molecule has 9 nitrogen and oxygen atoms in total. The van der Waals surface area contributed by atoms with Gasteiger partial charge < -0.3 is 20.1 Å². The number of nitrogens with zero attached hydrogens (tertiary/aromatic N) is 1. The van der Waals surface area contributed by atoms with Crippen molar-refractivity contribution in [2.75, 3.05) is 13.2 Å². The van der Waals surface area contributed by atoms with Gasteiger partial charge in [-0.15, -0.1) is 0 Å². The van der Waals surface area contributed by atoms with E-state index in [1.165, 1.54) is 12.1 Å². The molecule has 0 aromatic heterocycles. The molecular formula is C18H23N3O6. The van der Waals surface area contributed by atoms with Gasteiger partial charge in [0.2, 0.25) is 0 Å². The Morgan fingerprint density at radius 1 is 1.26 bits per heavy atom. The van der Waals surface area contributed by atoms with E-state index in [0.717, 1.165) is 0 Å². The average molecular weight is 377 g/mol. The molecule has 0 aliphatic carbocycles. The number of nitro benzene ring substituents is 1. The number of esters is 1. The van der Waals surface area contributed by atoms with Crippen LogP contribution in [0.5, 0.6) is 5.75 Å². The maximum absolute atomic E-state index is 12.5. The number of nitro groups is 1. The van der Waals surface area contributed by atoms with Gasteiger partial charge in [0.05, 0.1) is 29.8 Å². The second-order valence-electron chi connectivity index (χ2n) is 5.81. The molecule has 1 unspecified atom stereocenters. The first-order valence-electron chi connectivity index (χ1n) is 8.81. The summed E-state index contributed by atoms with van der Waals surface area (Å²) in [5, 5.41) is 16.7. The fourth-order valence-electron chi connectivity index (χ4n) is 2.90. The number of carbonyl (C=O) groups excluding carboxylic acids is 2. The van der Waals surface area contributed by atoms with Crippen LogP contribution in [0.25, 0.3) is 0 Å². The summed E-state index contributed by atoms with van der Waals surface area (Å²) in [5.74, 6) is -0.447. The summed E-state index contributed by atoms with van der Waals surface area (Å²) in [6.07, 6.45) is 1.17. The number of nitrogens with one attached hydrogen (secondary N) is 2. The Balaban J connectivity index is 2.57. The molecule has 2 N–H and O–H groups in total. The summed E-state index contributed by atoms with van der Waals surface area (Å²) >= 11 is 0. The van der Waals surface area contributed by atoms with Gasteiger partial charge >= 0.3 is 17.7 Å². The van der Waals surface area contributed by atoms with Gasteiger partial charge in [0.25, 0.3) is 0 Å². The molecule has 1 atom stereocenters. The van der Waals surface area contributed by atoms with Gasteiger partial charge in [-0.3, -0.25) is 10.1 Å². The summed E-state index contributed by atoms with van der Waals surface area (Å²) in [7, 11) is 0. The second-order valence-corrected chi connectivity index (χ2v) is 5.81. The standard InChI is InChI=1S/C18H23N3O6/c1-4-7-12-15(17(22)27-6-3)16(20-18(23)19-12)11-8-9-14(26-5-2)13(10-11)21(24)25/h8-10,16H,4-7H2,1-3H3,(H2,19,20,23). The fourth-order valence-corrected chi connectivity index (χ4v) is 2.90. The molecule has 0 saturated carbocycles. The molecule has 9 heteroatoms. The highest BCUT2D eigenvalue weighted by Gasteiger charge is 2.34. The molecule has 1 aliphatic rings. The molecule has 0 saturated heterocycles.